The molecule has 0 saturated carbocycles. The molecule has 0 spiro atoms. The number of nitrogens with one attached hydrogen (secondary N) is 1. The Morgan fingerprint density at radius 3 is 3.30 bits per heavy atom. The van der Waals surface area contributed by atoms with Crippen molar-refractivity contribution in [2.75, 3.05) is 6.54 Å². The van der Waals surface area contributed by atoms with Crippen molar-refractivity contribution in [3.05, 3.63) is 34.0 Å². The standard InChI is InChI=1S/C16H21N5OS/c1-11(19-13-2-3-15-17-10-18-21(15)9-13)16(22)20-6-4-14-12(8-20)5-7-23-14/h5,7,10-11,13,19H,2-4,6,8-9H2,1H3/t11-,13-/m1/s1. The molecule has 1 amide bonds. The normalized spacial score (nSPS) is 21.6. The first kappa shape index (κ1) is 14.8. The third kappa shape index (κ3) is 2.90. The summed E-state index contributed by atoms with van der Waals surface area (Å²) in [5.41, 5.74) is 1.31. The number of aromatic nitrogens is 3. The quantitative estimate of drug-likeness (QED) is 0.918. The third-order valence-electron chi connectivity index (χ3n) is 4.78. The van der Waals surface area contributed by atoms with Crippen molar-refractivity contribution in [3.63, 3.8) is 0 Å². The molecule has 4 heterocycles. The molecule has 23 heavy (non-hydrogen) atoms. The lowest BCUT2D eigenvalue weighted by Gasteiger charge is -2.32. The highest BCUT2D eigenvalue weighted by Crippen LogP contribution is 2.24. The molecule has 0 saturated heterocycles. The maximum atomic E-state index is 12.7. The fourth-order valence-corrected chi connectivity index (χ4v) is 4.40. The van der Waals surface area contributed by atoms with Crippen LogP contribution in [0.2, 0.25) is 0 Å². The van der Waals surface area contributed by atoms with Gasteiger partial charge < -0.3 is 10.2 Å². The Balaban J connectivity index is 1.36. The third-order valence-corrected chi connectivity index (χ3v) is 5.80. The molecule has 2 aliphatic heterocycles. The summed E-state index contributed by atoms with van der Waals surface area (Å²) in [6.07, 6.45) is 4.52. The Morgan fingerprint density at radius 1 is 1.48 bits per heavy atom. The first-order valence-electron chi connectivity index (χ1n) is 8.17. The summed E-state index contributed by atoms with van der Waals surface area (Å²) in [6.45, 7) is 4.35. The fourth-order valence-electron chi connectivity index (χ4n) is 3.51. The highest BCUT2D eigenvalue weighted by atomic mass is 32.1. The van der Waals surface area contributed by atoms with E-state index >= 15 is 0 Å². The Labute approximate surface area is 139 Å². The van der Waals surface area contributed by atoms with E-state index in [0.29, 0.717) is 0 Å². The Morgan fingerprint density at radius 2 is 2.39 bits per heavy atom. The number of hydrogen-bond acceptors (Lipinski definition) is 5. The van der Waals surface area contributed by atoms with Crippen LogP contribution in [0.5, 0.6) is 0 Å². The van der Waals surface area contributed by atoms with E-state index < -0.39 is 0 Å². The maximum absolute atomic E-state index is 12.7. The van der Waals surface area contributed by atoms with Gasteiger partial charge in [0.15, 0.2) is 0 Å². The second-order valence-electron chi connectivity index (χ2n) is 6.36. The van der Waals surface area contributed by atoms with Crippen LogP contribution in [0.25, 0.3) is 0 Å². The molecule has 2 aliphatic rings. The van der Waals surface area contributed by atoms with Crippen LogP contribution in [-0.4, -0.2) is 44.2 Å². The lowest BCUT2D eigenvalue weighted by Crippen LogP contribution is -2.51. The van der Waals surface area contributed by atoms with E-state index in [2.05, 4.69) is 26.8 Å². The zero-order chi connectivity index (χ0) is 15.8. The van der Waals surface area contributed by atoms with Gasteiger partial charge in [0, 0.05) is 30.4 Å². The van der Waals surface area contributed by atoms with E-state index in [0.717, 1.165) is 44.7 Å². The number of amides is 1. The second kappa shape index (κ2) is 6.05. The van der Waals surface area contributed by atoms with Gasteiger partial charge in [0.1, 0.15) is 12.2 Å². The minimum atomic E-state index is -0.162. The number of thiophene rings is 1. The van der Waals surface area contributed by atoms with Crippen LogP contribution in [-0.2, 0) is 30.7 Å². The van der Waals surface area contributed by atoms with E-state index in [1.165, 1.54) is 10.4 Å². The van der Waals surface area contributed by atoms with Gasteiger partial charge >= 0.3 is 0 Å². The molecule has 4 rings (SSSR count). The van der Waals surface area contributed by atoms with Crippen molar-refractivity contribution >= 4 is 17.2 Å². The molecule has 0 unspecified atom stereocenters. The molecule has 0 radical (unpaired) electrons. The van der Waals surface area contributed by atoms with Gasteiger partial charge in [-0.25, -0.2) is 9.67 Å². The molecular formula is C16H21N5OS. The number of nitrogens with zero attached hydrogens (tertiary/aromatic N) is 4. The molecular weight excluding hydrogens is 310 g/mol. The lowest BCUT2D eigenvalue weighted by atomic mass is 10.1. The summed E-state index contributed by atoms with van der Waals surface area (Å²) in [5.74, 6) is 1.24. The summed E-state index contributed by atoms with van der Waals surface area (Å²) >= 11 is 1.80. The molecule has 1 N–H and O–H groups in total. The second-order valence-corrected chi connectivity index (χ2v) is 7.36. The van der Waals surface area contributed by atoms with Crippen LogP contribution in [0.1, 0.15) is 29.6 Å². The number of rotatable bonds is 3. The Bertz CT molecular complexity index is 709. The van der Waals surface area contributed by atoms with E-state index in [1.807, 2.05) is 16.5 Å². The molecule has 0 aromatic carbocycles. The van der Waals surface area contributed by atoms with Gasteiger partial charge in [-0.3, -0.25) is 4.79 Å². The van der Waals surface area contributed by atoms with Crippen molar-refractivity contribution in [3.8, 4) is 0 Å². The minimum Gasteiger partial charge on any atom is -0.337 e. The van der Waals surface area contributed by atoms with E-state index in [1.54, 1.807) is 17.7 Å². The summed E-state index contributed by atoms with van der Waals surface area (Å²) in [6, 6.07) is 2.26. The van der Waals surface area contributed by atoms with Crippen LogP contribution >= 0.6 is 11.3 Å². The lowest BCUT2D eigenvalue weighted by molar-refractivity contribution is -0.134. The van der Waals surface area contributed by atoms with Crippen molar-refractivity contribution < 1.29 is 4.79 Å². The van der Waals surface area contributed by atoms with Crippen LogP contribution < -0.4 is 5.32 Å². The van der Waals surface area contributed by atoms with Gasteiger partial charge in [-0.15, -0.1) is 11.3 Å². The molecule has 0 bridgehead atoms. The smallest absolute Gasteiger partial charge is 0.239 e. The van der Waals surface area contributed by atoms with Gasteiger partial charge in [-0.1, -0.05) is 0 Å². The number of carbonyl (C=O) groups is 1. The first-order chi connectivity index (χ1) is 11.2. The number of hydrogen-bond donors (Lipinski definition) is 1. The fraction of sp³-hybridized carbons (Fsp3) is 0.562. The average Bonchev–Trinajstić information content (AvgIpc) is 3.21. The first-order valence-corrected chi connectivity index (χ1v) is 9.05. The molecule has 2 aromatic heterocycles. The summed E-state index contributed by atoms with van der Waals surface area (Å²) in [7, 11) is 0. The predicted molar refractivity (Wildman–Crippen MR) is 88.2 cm³/mol. The zero-order valence-corrected chi connectivity index (χ0v) is 14.1. The van der Waals surface area contributed by atoms with Crippen molar-refractivity contribution in [2.45, 2.75) is 51.4 Å². The summed E-state index contributed by atoms with van der Waals surface area (Å²) < 4.78 is 1.94. The predicted octanol–water partition coefficient (Wildman–Crippen LogP) is 1.22. The monoisotopic (exact) mass is 331 g/mol. The molecule has 122 valence electrons. The van der Waals surface area contributed by atoms with Gasteiger partial charge in [0.2, 0.25) is 5.91 Å². The van der Waals surface area contributed by atoms with Gasteiger partial charge in [-0.2, -0.15) is 5.10 Å². The molecule has 2 aromatic rings. The SMILES string of the molecule is C[C@@H](N[C@@H]1CCc2ncnn2C1)C(=O)N1CCc2sccc2C1. The molecule has 2 atom stereocenters. The van der Waals surface area contributed by atoms with Gasteiger partial charge in [0.05, 0.1) is 12.6 Å². The van der Waals surface area contributed by atoms with Crippen molar-refractivity contribution in [1.82, 2.24) is 25.0 Å². The Hall–Kier alpha value is -1.73. The largest absolute Gasteiger partial charge is 0.337 e. The summed E-state index contributed by atoms with van der Waals surface area (Å²) in [5, 5.41) is 9.85. The van der Waals surface area contributed by atoms with E-state index in [-0.39, 0.29) is 18.0 Å². The highest BCUT2D eigenvalue weighted by Gasteiger charge is 2.28. The van der Waals surface area contributed by atoms with Gasteiger partial charge in [-0.05, 0) is 36.8 Å². The van der Waals surface area contributed by atoms with Crippen LogP contribution in [0.4, 0.5) is 0 Å². The minimum absolute atomic E-state index is 0.162. The van der Waals surface area contributed by atoms with Crippen LogP contribution in [0.15, 0.2) is 17.8 Å². The molecule has 0 fully saturated rings. The molecule has 0 aliphatic carbocycles. The van der Waals surface area contributed by atoms with Crippen molar-refractivity contribution in [2.24, 2.45) is 0 Å². The number of carbonyl (C=O) groups excluding carboxylic acids is 1. The van der Waals surface area contributed by atoms with Crippen LogP contribution in [0.3, 0.4) is 0 Å². The van der Waals surface area contributed by atoms with E-state index in [4.69, 9.17) is 0 Å². The van der Waals surface area contributed by atoms with Crippen LogP contribution in [0, 0.1) is 0 Å². The highest BCUT2D eigenvalue weighted by molar-refractivity contribution is 7.10. The van der Waals surface area contributed by atoms with E-state index in [9.17, 15) is 4.79 Å². The molecule has 7 heteroatoms. The number of aryl methyl sites for hydroxylation is 1. The van der Waals surface area contributed by atoms with Crippen molar-refractivity contribution in [1.29, 1.82) is 0 Å². The Kier molecular flexibility index (Phi) is 3.90. The average molecular weight is 331 g/mol. The van der Waals surface area contributed by atoms with Gasteiger partial charge in [0.25, 0.3) is 0 Å². The zero-order valence-electron chi connectivity index (χ0n) is 13.2. The summed E-state index contributed by atoms with van der Waals surface area (Å²) in [4.78, 5) is 20.4. The molecule has 6 nitrogen and oxygen atoms in total. The topological polar surface area (TPSA) is 63.1 Å². The maximum Gasteiger partial charge on any atom is 0.239 e. The number of fused-ring (bicyclic) bond motifs is 2.